The van der Waals surface area contributed by atoms with Crippen LogP contribution in [-0.2, 0) is 29.6 Å². The smallest absolute Gasteiger partial charge is 0.245 e. The van der Waals surface area contributed by atoms with E-state index < -0.39 is 0 Å². The van der Waals surface area contributed by atoms with E-state index in [-0.39, 0.29) is 17.9 Å². The van der Waals surface area contributed by atoms with Gasteiger partial charge >= 0.3 is 0 Å². The molecule has 0 saturated carbocycles. The number of aromatic nitrogens is 2. The van der Waals surface area contributed by atoms with E-state index in [1.54, 1.807) is 11.3 Å². The first kappa shape index (κ1) is 23.3. The number of carbonyl (C=O) groups is 1. The summed E-state index contributed by atoms with van der Waals surface area (Å²) in [6, 6.07) is 18.7. The van der Waals surface area contributed by atoms with Crippen LogP contribution in [0.5, 0.6) is 0 Å². The molecule has 1 unspecified atom stereocenters. The summed E-state index contributed by atoms with van der Waals surface area (Å²) >= 11 is 1.56. The maximum Gasteiger partial charge on any atom is 0.245 e. The van der Waals surface area contributed by atoms with E-state index in [9.17, 15) is 10.1 Å². The number of fused-ring (bicyclic) bond motifs is 2. The van der Waals surface area contributed by atoms with Crippen molar-refractivity contribution in [2.24, 2.45) is 5.92 Å². The van der Waals surface area contributed by atoms with Crippen LogP contribution >= 0.6 is 11.3 Å². The van der Waals surface area contributed by atoms with Gasteiger partial charge in [-0.2, -0.15) is 5.26 Å². The van der Waals surface area contributed by atoms with Crippen LogP contribution < -0.4 is 5.32 Å². The molecular weight excluding hydrogens is 452 g/mol. The molecule has 2 aromatic heterocycles. The zero-order valence-corrected chi connectivity index (χ0v) is 21.5. The SMILES string of the molecule is CC1CCc2c(sc(NC(=O)Cn3c(-c4ccc(C(C)(C)C)cc4)nc4ccccc43)c2C#N)C1. The van der Waals surface area contributed by atoms with Gasteiger partial charge in [0.05, 0.1) is 16.6 Å². The molecule has 0 saturated heterocycles. The monoisotopic (exact) mass is 482 g/mol. The predicted octanol–water partition coefficient (Wildman–Crippen LogP) is 6.70. The Labute approximate surface area is 210 Å². The van der Waals surface area contributed by atoms with Crippen molar-refractivity contribution in [1.82, 2.24) is 9.55 Å². The van der Waals surface area contributed by atoms with Gasteiger partial charge in [-0.3, -0.25) is 4.79 Å². The van der Waals surface area contributed by atoms with Gasteiger partial charge in [-0.05, 0) is 53.9 Å². The van der Waals surface area contributed by atoms with Crippen molar-refractivity contribution in [3.63, 3.8) is 0 Å². The Morgan fingerprint density at radius 3 is 2.66 bits per heavy atom. The molecule has 1 aliphatic rings. The largest absolute Gasteiger partial charge is 0.315 e. The van der Waals surface area contributed by atoms with E-state index >= 15 is 0 Å². The van der Waals surface area contributed by atoms with Gasteiger partial charge in [-0.1, -0.05) is 64.1 Å². The zero-order valence-electron chi connectivity index (χ0n) is 20.7. The van der Waals surface area contributed by atoms with E-state index in [2.05, 4.69) is 63.3 Å². The number of hydrogen-bond acceptors (Lipinski definition) is 4. The molecule has 2 aromatic carbocycles. The summed E-state index contributed by atoms with van der Waals surface area (Å²) in [4.78, 5) is 19.4. The highest BCUT2D eigenvalue weighted by molar-refractivity contribution is 7.16. The summed E-state index contributed by atoms with van der Waals surface area (Å²) in [6.45, 7) is 8.95. The van der Waals surface area contributed by atoms with E-state index in [4.69, 9.17) is 4.98 Å². The first-order chi connectivity index (χ1) is 16.7. The minimum absolute atomic E-state index is 0.0642. The topological polar surface area (TPSA) is 70.7 Å². The van der Waals surface area contributed by atoms with Crippen LogP contribution in [0.3, 0.4) is 0 Å². The fraction of sp³-hybridized carbons (Fsp3) is 0.345. The molecule has 4 aromatic rings. The van der Waals surface area contributed by atoms with Crippen LogP contribution in [0, 0.1) is 17.2 Å². The Bertz CT molecular complexity index is 1450. The quantitative estimate of drug-likeness (QED) is 0.352. The van der Waals surface area contributed by atoms with Crippen LogP contribution in [-0.4, -0.2) is 15.5 Å². The average molecular weight is 483 g/mol. The number of hydrogen-bond donors (Lipinski definition) is 1. The number of nitriles is 1. The maximum atomic E-state index is 13.3. The van der Waals surface area contributed by atoms with Crippen LogP contribution in [0.25, 0.3) is 22.4 Å². The second-order valence-electron chi connectivity index (χ2n) is 10.6. The highest BCUT2D eigenvalue weighted by Gasteiger charge is 2.25. The molecule has 0 aliphatic heterocycles. The summed E-state index contributed by atoms with van der Waals surface area (Å²) < 4.78 is 1.97. The van der Waals surface area contributed by atoms with Gasteiger partial charge in [0.1, 0.15) is 23.4 Å². The van der Waals surface area contributed by atoms with Crippen molar-refractivity contribution in [3.8, 4) is 17.5 Å². The summed E-state index contributed by atoms with van der Waals surface area (Å²) in [6.07, 6.45) is 2.97. The molecule has 2 heterocycles. The first-order valence-electron chi connectivity index (χ1n) is 12.1. The Morgan fingerprint density at radius 2 is 1.94 bits per heavy atom. The standard InChI is InChI=1S/C29H30N4OS/c1-18-9-14-21-22(16-30)28(35-25(21)15-18)32-26(34)17-33-24-8-6-5-7-23(24)31-27(33)19-10-12-20(13-11-19)29(2,3)4/h5-8,10-13,18H,9,14-15,17H2,1-4H3,(H,32,34). The summed E-state index contributed by atoms with van der Waals surface area (Å²) in [7, 11) is 0. The van der Waals surface area contributed by atoms with Crippen LogP contribution in [0.2, 0.25) is 0 Å². The highest BCUT2D eigenvalue weighted by atomic mass is 32.1. The molecule has 5 rings (SSSR count). The number of para-hydroxylation sites is 2. The number of carbonyl (C=O) groups excluding carboxylic acids is 1. The number of benzene rings is 2. The lowest BCUT2D eigenvalue weighted by Crippen LogP contribution is -2.19. The molecule has 5 nitrogen and oxygen atoms in total. The third-order valence-corrected chi connectivity index (χ3v) is 8.01. The Kier molecular flexibility index (Phi) is 5.98. The van der Waals surface area contributed by atoms with Gasteiger partial charge in [0.25, 0.3) is 0 Å². The third-order valence-electron chi connectivity index (χ3n) is 6.84. The third kappa shape index (κ3) is 4.49. The maximum absolute atomic E-state index is 13.3. The molecule has 0 bridgehead atoms. The number of nitrogens with one attached hydrogen (secondary N) is 1. The fourth-order valence-electron chi connectivity index (χ4n) is 4.84. The van der Waals surface area contributed by atoms with E-state index in [1.807, 2.05) is 28.8 Å². The molecule has 1 N–H and O–H groups in total. The minimum Gasteiger partial charge on any atom is -0.315 e. The van der Waals surface area contributed by atoms with Gasteiger partial charge in [0.2, 0.25) is 5.91 Å². The minimum atomic E-state index is -0.149. The number of amides is 1. The molecule has 0 fully saturated rings. The first-order valence-corrected chi connectivity index (χ1v) is 13.0. The molecule has 6 heteroatoms. The number of imidazole rings is 1. The fourth-order valence-corrected chi connectivity index (χ4v) is 6.22. The molecule has 0 radical (unpaired) electrons. The molecule has 0 spiro atoms. The summed E-state index contributed by atoms with van der Waals surface area (Å²) in [5, 5.41) is 13.5. The molecule has 1 aliphatic carbocycles. The number of rotatable bonds is 4. The van der Waals surface area contributed by atoms with Crippen molar-refractivity contribution in [2.45, 2.75) is 58.9 Å². The van der Waals surface area contributed by atoms with Crippen molar-refractivity contribution in [1.29, 1.82) is 5.26 Å². The molecule has 178 valence electrons. The van der Waals surface area contributed by atoms with Gasteiger partial charge in [0.15, 0.2) is 0 Å². The van der Waals surface area contributed by atoms with Gasteiger partial charge in [-0.25, -0.2) is 4.98 Å². The average Bonchev–Trinajstić information content (AvgIpc) is 3.35. The lowest BCUT2D eigenvalue weighted by atomic mass is 9.87. The van der Waals surface area contributed by atoms with E-state index in [0.717, 1.165) is 47.2 Å². The van der Waals surface area contributed by atoms with E-state index in [0.29, 0.717) is 16.5 Å². The normalized spacial score (nSPS) is 15.6. The van der Waals surface area contributed by atoms with Crippen LogP contribution in [0.1, 0.15) is 55.7 Å². The van der Waals surface area contributed by atoms with Gasteiger partial charge in [-0.15, -0.1) is 11.3 Å². The Morgan fingerprint density at radius 1 is 1.20 bits per heavy atom. The second kappa shape index (κ2) is 8.98. The number of nitrogens with zero attached hydrogens (tertiary/aromatic N) is 3. The van der Waals surface area contributed by atoms with Crippen molar-refractivity contribution < 1.29 is 4.79 Å². The van der Waals surface area contributed by atoms with Gasteiger partial charge < -0.3 is 9.88 Å². The number of thiophene rings is 1. The summed E-state index contributed by atoms with van der Waals surface area (Å²) in [5.41, 5.74) is 5.82. The van der Waals surface area contributed by atoms with E-state index in [1.165, 1.54) is 10.4 Å². The number of anilines is 1. The molecule has 35 heavy (non-hydrogen) atoms. The lowest BCUT2D eigenvalue weighted by Gasteiger charge is -2.19. The van der Waals surface area contributed by atoms with Crippen LogP contribution in [0.4, 0.5) is 5.00 Å². The molecule has 1 atom stereocenters. The molecular formula is C29H30N4OS. The van der Waals surface area contributed by atoms with Gasteiger partial charge in [0, 0.05) is 10.4 Å². The second-order valence-corrected chi connectivity index (χ2v) is 11.7. The molecule has 1 amide bonds. The summed E-state index contributed by atoms with van der Waals surface area (Å²) in [5.74, 6) is 1.23. The van der Waals surface area contributed by atoms with Crippen molar-refractivity contribution in [2.75, 3.05) is 5.32 Å². The zero-order chi connectivity index (χ0) is 24.7. The predicted molar refractivity (Wildman–Crippen MR) is 143 cm³/mol. The van der Waals surface area contributed by atoms with Crippen LogP contribution in [0.15, 0.2) is 48.5 Å². The van der Waals surface area contributed by atoms with Crippen molar-refractivity contribution in [3.05, 3.63) is 70.1 Å². The Balaban J connectivity index is 1.47. The highest BCUT2D eigenvalue weighted by Crippen LogP contribution is 2.39. The van der Waals surface area contributed by atoms with Crippen molar-refractivity contribution >= 4 is 33.3 Å². The lowest BCUT2D eigenvalue weighted by molar-refractivity contribution is -0.116. The Hall–Kier alpha value is -3.43.